The number of halogens is 1. The molecule has 0 aromatic heterocycles. The first-order valence-electron chi connectivity index (χ1n) is 6.84. The average molecular weight is 269 g/mol. The van der Waals surface area contributed by atoms with Gasteiger partial charge in [0.15, 0.2) is 5.78 Å². The maximum atomic E-state index is 12.4. The van der Waals surface area contributed by atoms with Crippen molar-refractivity contribution in [1.29, 1.82) is 0 Å². The minimum atomic E-state index is -0.0367. The highest BCUT2D eigenvalue weighted by atomic mass is 35.5. The maximum absolute atomic E-state index is 12.4. The molecule has 102 valence electrons. The molecule has 2 atom stereocenters. The molecule has 0 radical (unpaired) electrons. The number of allylic oxidation sites excluding steroid dienone is 3. The van der Waals surface area contributed by atoms with Gasteiger partial charge in [-0.25, -0.2) is 0 Å². The Hall–Kier alpha value is -0.560. The summed E-state index contributed by atoms with van der Waals surface area (Å²) >= 11 is 5.88. The smallest absolute Gasteiger partial charge is 0.159 e. The standard InChI is InChI=1S/C16H25ClO/c1-6-7-14-15(18)8-13(12(4)10-17)9-16(14,5)11(2)3/h7,11,13H,4,6,8-10H2,1-3,5H3/b14-7-. The predicted octanol–water partition coefficient (Wildman–Crippen LogP) is 4.76. The van der Waals surface area contributed by atoms with Crippen molar-refractivity contribution in [3.8, 4) is 0 Å². The molecule has 1 fully saturated rings. The molecule has 0 aliphatic heterocycles. The molecule has 1 saturated carbocycles. The zero-order chi connectivity index (χ0) is 13.9. The highest BCUT2D eigenvalue weighted by Gasteiger charge is 2.43. The van der Waals surface area contributed by atoms with Gasteiger partial charge in [0.2, 0.25) is 0 Å². The Labute approximate surface area is 116 Å². The molecular weight excluding hydrogens is 244 g/mol. The van der Waals surface area contributed by atoms with E-state index in [0.717, 1.165) is 24.0 Å². The van der Waals surface area contributed by atoms with Crippen LogP contribution in [-0.4, -0.2) is 11.7 Å². The number of Topliss-reactive ketones (excluding diaryl/α,β-unsaturated/α-hetero) is 1. The van der Waals surface area contributed by atoms with E-state index in [9.17, 15) is 4.79 Å². The number of ketones is 1. The molecule has 1 nitrogen and oxygen atoms in total. The van der Waals surface area contributed by atoms with Crippen LogP contribution in [0.2, 0.25) is 0 Å². The zero-order valence-electron chi connectivity index (χ0n) is 12.1. The van der Waals surface area contributed by atoms with Crippen LogP contribution in [0.4, 0.5) is 0 Å². The number of hydrogen-bond donors (Lipinski definition) is 0. The molecular formula is C16H25ClO. The second-order valence-electron chi connectivity index (χ2n) is 5.92. The molecule has 0 aromatic carbocycles. The van der Waals surface area contributed by atoms with Crippen LogP contribution in [0.5, 0.6) is 0 Å². The lowest BCUT2D eigenvalue weighted by molar-refractivity contribution is -0.119. The molecule has 1 rings (SSSR count). The summed E-state index contributed by atoms with van der Waals surface area (Å²) in [6, 6.07) is 0. The van der Waals surface area contributed by atoms with E-state index in [4.69, 9.17) is 11.6 Å². The third kappa shape index (κ3) is 2.88. The number of carbonyl (C=O) groups excluding carboxylic acids is 1. The lowest BCUT2D eigenvalue weighted by atomic mass is 9.60. The first kappa shape index (κ1) is 15.5. The van der Waals surface area contributed by atoms with Crippen LogP contribution < -0.4 is 0 Å². The number of alkyl halides is 1. The Bertz CT molecular complexity index is 367. The molecule has 18 heavy (non-hydrogen) atoms. The molecule has 1 aliphatic carbocycles. The molecule has 0 bridgehead atoms. The second kappa shape index (κ2) is 6.06. The molecule has 0 heterocycles. The van der Waals surface area contributed by atoms with E-state index in [1.807, 2.05) is 0 Å². The van der Waals surface area contributed by atoms with Crippen molar-refractivity contribution >= 4 is 17.4 Å². The van der Waals surface area contributed by atoms with Gasteiger partial charge in [0.05, 0.1) is 0 Å². The fraction of sp³-hybridized carbons (Fsp3) is 0.688. The van der Waals surface area contributed by atoms with Gasteiger partial charge in [-0.15, -0.1) is 11.6 Å². The van der Waals surface area contributed by atoms with Gasteiger partial charge in [-0.2, -0.15) is 0 Å². The normalized spacial score (nSPS) is 31.1. The van der Waals surface area contributed by atoms with E-state index in [1.165, 1.54) is 0 Å². The van der Waals surface area contributed by atoms with Crippen molar-refractivity contribution in [3.05, 3.63) is 23.8 Å². The predicted molar refractivity (Wildman–Crippen MR) is 78.9 cm³/mol. The lowest BCUT2D eigenvalue weighted by Gasteiger charge is -2.43. The Morgan fingerprint density at radius 1 is 1.61 bits per heavy atom. The summed E-state index contributed by atoms with van der Waals surface area (Å²) in [6.07, 6.45) is 4.61. The van der Waals surface area contributed by atoms with Gasteiger partial charge in [-0.05, 0) is 35.7 Å². The van der Waals surface area contributed by atoms with Gasteiger partial charge in [0.25, 0.3) is 0 Å². The van der Waals surface area contributed by atoms with Crippen molar-refractivity contribution in [2.75, 3.05) is 5.88 Å². The largest absolute Gasteiger partial charge is 0.295 e. The van der Waals surface area contributed by atoms with E-state index in [0.29, 0.717) is 18.2 Å². The zero-order valence-corrected chi connectivity index (χ0v) is 12.8. The fourth-order valence-corrected chi connectivity index (χ4v) is 3.06. The van der Waals surface area contributed by atoms with E-state index in [-0.39, 0.29) is 17.1 Å². The quantitative estimate of drug-likeness (QED) is 0.408. The maximum Gasteiger partial charge on any atom is 0.159 e. The third-order valence-electron chi connectivity index (χ3n) is 4.45. The summed E-state index contributed by atoms with van der Waals surface area (Å²) in [5.74, 6) is 1.44. The fourth-order valence-electron chi connectivity index (χ4n) is 2.84. The Morgan fingerprint density at radius 3 is 2.67 bits per heavy atom. The number of hydrogen-bond acceptors (Lipinski definition) is 1. The van der Waals surface area contributed by atoms with Crippen LogP contribution in [0.25, 0.3) is 0 Å². The summed E-state index contributed by atoms with van der Waals surface area (Å²) in [5.41, 5.74) is 2.00. The van der Waals surface area contributed by atoms with Gasteiger partial charge >= 0.3 is 0 Å². The first-order valence-corrected chi connectivity index (χ1v) is 7.37. The third-order valence-corrected chi connectivity index (χ3v) is 4.79. The summed E-state index contributed by atoms with van der Waals surface area (Å²) < 4.78 is 0. The first-order chi connectivity index (χ1) is 8.36. The number of carbonyl (C=O) groups is 1. The van der Waals surface area contributed by atoms with Gasteiger partial charge in [-0.1, -0.05) is 45.9 Å². The van der Waals surface area contributed by atoms with Crippen molar-refractivity contribution in [1.82, 2.24) is 0 Å². The molecule has 0 aromatic rings. The van der Waals surface area contributed by atoms with Crippen molar-refractivity contribution < 1.29 is 4.79 Å². The van der Waals surface area contributed by atoms with E-state index in [1.54, 1.807) is 0 Å². The summed E-state index contributed by atoms with van der Waals surface area (Å²) in [4.78, 5) is 12.4. The van der Waals surface area contributed by atoms with E-state index < -0.39 is 0 Å². The minimum absolute atomic E-state index is 0.0367. The van der Waals surface area contributed by atoms with Crippen molar-refractivity contribution in [2.24, 2.45) is 17.3 Å². The molecule has 2 unspecified atom stereocenters. The van der Waals surface area contributed by atoms with E-state index in [2.05, 4.69) is 40.3 Å². The molecule has 1 aliphatic rings. The van der Waals surface area contributed by atoms with Crippen LogP contribution in [0, 0.1) is 17.3 Å². The average Bonchev–Trinajstić information content (AvgIpc) is 2.32. The van der Waals surface area contributed by atoms with Crippen LogP contribution in [0.15, 0.2) is 23.8 Å². The molecule has 0 N–H and O–H groups in total. The van der Waals surface area contributed by atoms with Crippen LogP contribution >= 0.6 is 11.6 Å². The monoisotopic (exact) mass is 268 g/mol. The highest BCUT2D eigenvalue weighted by molar-refractivity contribution is 6.19. The summed E-state index contributed by atoms with van der Waals surface area (Å²) in [7, 11) is 0. The summed E-state index contributed by atoms with van der Waals surface area (Å²) in [5, 5.41) is 0. The highest BCUT2D eigenvalue weighted by Crippen LogP contribution is 2.48. The van der Waals surface area contributed by atoms with Crippen molar-refractivity contribution in [2.45, 2.75) is 47.0 Å². The molecule has 0 spiro atoms. The van der Waals surface area contributed by atoms with Gasteiger partial charge in [-0.3, -0.25) is 4.79 Å². The Kier molecular flexibility index (Phi) is 5.21. The van der Waals surface area contributed by atoms with Crippen LogP contribution in [-0.2, 0) is 4.79 Å². The van der Waals surface area contributed by atoms with Gasteiger partial charge in [0.1, 0.15) is 0 Å². The summed E-state index contributed by atoms with van der Waals surface area (Å²) in [6.45, 7) is 12.7. The lowest BCUT2D eigenvalue weighted by Crippen LogP contribution is -2.38. The topological polar surface area (TPSA) is 17.1 Å². The van der Waals surface area contributed by atoms with Crippen molar-refractivity contribution in [3.63, 3.8) is 0 Å². The van der Waals surface area contributed by atoms with E-state index >= 15 is 0 Å². The van der Waals surface area contributed by atoms with Gasteiger partial charge in [0, 0.05) is 12.3 Å². The molecule has 0 saturated heterocycles. The van der Waals surface area contributed by atoms with Gasteiger partial charge < -0.3 is 0 Å². The SMILES string of the molecule is C=C(CCl)C1CC(=O)/C(=C/CC)C(C)(C(C)C)C1. The minimum Gasteiger partial charge on any atom is -0.295 e. The molecule has 2 heteroatoms. The molecule has 0 amide bonds. The Balaban J connectivity index is 3.11. The van der Waals surface area contributed by atoms with Crippen LogP contribution in [0.1, 0.15) is 47.0 Å². The second-order valence-corrected chi connectivity index (χ2v) is 6.19. The number of rotatable bonds is 4. The van der Waals surface area contributed by atoms with Crippen LogP contribution in [0.3, 0.4) is 0 Å². The Morgan fingerprint density at radius 2 is 2.22 bits per heavy atom.